The van der Waals surface area contributed by atoms with Gasteiger partial charge in [-0.2, -0.15) is 0 Å². The lowest BCUT2D eigenvalue weighted by molar-refractivity contribution is -0.0456. The lowest BCUT2D eigenvalue weighted by Crippen LogP contribution is -2.36. The number of hydrogen-bond donors (Lipinski definition) is 0. The monoisotopic (exact) mass is 462 g/mol. The molecule has 0 atom stereocenters. The second-order valence-corrected chi connectivity index (χ2v) is 8.16. The summed E-state index contributed by atoms with van der Waals surface area (Å²) < 4.78 is 19.4. The van der Waals surface area contributed by atoms with Crippen LogP contribution < -0.4 is 14.9 Å². The van der Waals surface area contributed by atoms with Crippen molar-refractivity contribution in [2.24, 2.45) is 0 Å². The van der Waals surface area contributed by atoms with Crippen LogP contribution in [0.15, 0.2) is 112 Å². The topological polar surface area (TPSA) is 48.7 Å². The van der Waals surface area contributed by atoms with Crippen molar-refractivity contribution in [3.8, 4) is 22.8 Å². The zero-order valence-electron chi connectivity index (χ0n) is 19.9. The summed E-state index contributed by atoms with van der Waals surface area (Å²) in [4.78, 5) is 13.0. The highest BCUT2D eigenvalue weighted by Gasteiger charge is 2.46. The van der Waals surface area contributed by atoms with Crippen molar-refractivity contribution in [2.75, 3.05) is 0 Å². The molecule has 35 heavy (non-hydrogen) atoms. The smallest absolute Gasteiger partial charge is 0.305 e. The standard InChI is InChI=1S/C29H20O4.C2H6/c1-19-12-14-20(15-13-19)26-18-24(30)23-16-17-25-28(27(23)31-26)33-29(32-25,21-8-4-2-5-9-21)22-10-6-3-7-11-22;1-2/h2-18H,1H3;1-2H3. The molecule has 0 fully saturated rings. The van der Waals surface area contributed by atoms with E-state index in [1.165, 1.54) is 6.07 Å². The third-order valence-electron chi connectivity index (χ3n) is 5.96. The predicted molar refractivity (Wildman–Crippen MR) is 139 cm³/mol. The van der Waals surface area contributed by atoms with Crippen molar-refractivity contribution in [3.63, 3.8) is 0 Å². The van der Waals surface area contributed by atoms with Gasteiger partial charge >= 0.3 is 5.79 Å². The van der Waals surface area contributed by atoms with Crippen LogP contribution in [0.5, 0.6) is 11.5 Å². The molecule has 0 bridgehead atoms. The van der Waals surface area contributed by atoms with Crippen LogP contribution in [0.4, 0.5) is 0 Å². The van der Waals surface area contributed by atoms with Crippen molar-refractivity contribution >= 4 is 11.0 Å². The molecule has 0 N–H and O–H groups in total. The summed E-state index contributed by atoms with van der Waals surface area (Å²) in [5.74, 6) is 0.254. The quantitative estimate of drug-likeness (QED) is 0.279. The second-order valence-electron chi connectivity index (χ2n) is 8.16. The van der Waals surface area contributed by atoms with E-state index < -0.39 is 5.79 Å². The predicted octanol–water partition coefficient (Wildman–Crippen LogP) is 7.47. The van der Waals surface area contributed by atoms with E-state index in [1.807, 2.05) is 106 Å². The Morgan fingerprint density at radius 3 is 1.89 bits per heavy atom. The third-order valence-corrected chi connectivity index (χ3v) is 5.96. The molecule has 4 nitrogen and oxygen atoms in total. The Labute approximate surface area is 204 Å². The molecule has 1 aliphatic heterocycles. The summed E-state index contributed by atoms with van der Waals surface area (Å²) >= 11 is 0. The average molecular weight is 463 g/mol. The third kappa shape index (κ3) is 3.87. The highest BCUT2D eigenvalue weighted by atomic mass is 16.7. The Balaban J connectivity index is 0.00000124. The molecule has 0 saturated heterocycles. The molecule has 6 rings (SSSR count). The van der Waals surface area contributed by atoms with E-state index in [9.17, 15) is 4.79 Å². The molecule has 0 spiro atoms. The molecule has 4 aromatic carbocycles. The molecule has 1 aromatic heterocycles. The number of hydrogen-bond acceptors (Lipinski definition) is 4. The molecular formula is C31H26O4. The van der Waals surface area contributed by atoms with E-state index in [1.54, 1.807) is 12.1 Å². The van der Waals surface area contributed by atoms with Crippen molar-refractivity contribution in [3.05, 3.63) is 130 Å². The first-order valence-corrected chi connectivity index (χ1v) is 11.8. The number of ether oxygens (including phenoxy) is 2. The molecular weight excluding hydrogens is 436 g/mol. The van der Waals surface area contributed by atoms with E-state index in [0.717, 1.165) is 22.3 Å². The van der Waals surface area contributed by atoms with Gasteiger partial charge in [-0.1, -0.05) is 104 Å². The zero-order chi connectivity index (χ0) is 24.4. The lowest BCUT2D eigenvalue weighted by atomic mass is 9.97. The maximum atomic E-state index is 13.0. The van der Waals surface area contributed by atoms with E-state index in [4.69, 9.17) is 13.9 Å². The van der Waals surface area contributed by atoms with Crippen molar-refractivity contribution in [1.82, 2.24) is 0 Å². The normalized spacial score (nSPS) is 13.2. The van der Waals surface area contributed by atoms with Crippen LogP contribution in [0.2, 0.25) is 0 Å². The van der Waals surface area contributed by atoms with Crippen molar-refractivity contribution in [1.29, 1.82) is 0 Å². The van der Waals surface area contributed by atoms with Crippen LogP contribution >= 0.6 is 0 Å². The van der Waals surface area contributed by atoms with Crippen LogP contribution in [-0.2, 0) is 5.79 Å². The summed E-state index contributed by atoms with van der Waals surface area (Å²) in [6.45, 7) is 6.02. The number of benzene rings is 4. The van der Waals surface area contributed by atoms with Gasteiger partial charge in [0.1, 0.15) is 5.76 Å². The van der Waals surface area contributed by atoms with Crippen LogP contribution in [0.1, 0.15) is 30.5 Å². The Kier molecular flexibility index (Phi) is 5.87. The minimum atomic E-state index is -1.18. The molecule has 4 heteroatoms. The van der Waals surface area contributed by atoms with Crippen LogP contribution in [-0.4, -0.2) is 0 Å². The van der Waals surface area contributed by atoms with Gasteiger partial charge in [-0.25, -0.2) is 0 Å². The number of fused-ring (bicyclic) bond motifs is 3. The first kappa shape index (κ1) is 22.5. The summed E-state index contributed by atoms with van der Waals surface area (Å²) in [5.41, 5.74) is 3.90. The maximum absolute atomic E-state index is 13.0. The zero-order valence-corrected chi connectivity index (χ0v) is 19.9. The molecule has 0 unspecified atom stereocenters. The van der Waals surface area contributed by atoms with Gasteiger partial charge in [0, 0.05) is 22.8 Å². The summed E-state index contributed by atoms with van der Waals surface area (Å²) in [7, 11) is 0. The minimum absolute atomic E-state index is 0.129. The van der Waals surface area contributed by atoms with Gasteiger partial charge in [0.05, 0.1) is 5.39 Å². The van der Waals surface area contributed by atoms with Gasteiger partial charge in [-0.15, -0.1) is 0 Å². The van der Waals surface area contributed by atoms with E-state index >= 15 is 0 Å². The van der Waals surface area contributed by atoms with Gasteiger partial charge in [0.15, 0.2) is 16.8 Å². The number of rotatable bonds is 3. The molecule has 0 aliphatic carbocycles. The van der Waals surface area contributed by atoms with E-state index in [-0.39, 0.29) is 5.43 Å². The number of aryl methyl sites for hydroxylation is 1. The van der Waals surface area contributed by atoms with Crippen LogP contribution in [0, 0.1) is 6.92 Å². The highest BCUT2D eigenvalue weighted by Crippen LogP contribution is 2.50. The summed E-state index contributed by atoms with van der Waals surface area (Å²) in [5, 5.41) is 0.449. The first-order chi connectivity index (χ1) is 17.1. The minimum Gasteiger partial charge on any atom is -0.452 e. The Hall–Kier alpha value is -4.31. The maximum Gasteiger partial charge on any atom is 0.305 e. The van der Waals surface area contributed by atoms with Crippen LogP contribution in [0.3, 0.4) is 0 Å². The molecule has 5 aromatic rings. The fraction of sp³-hybridized carbons (Fsp3) is 0.129. The molecule has 1 aliphatic rings. The fourth-order valence-electron chi connectivity index (χ4n) is 4.25. The van der Waals surface area contributed by atoms with Gasteiger partial charge in [0.2, 0.25) is 5.75 Å². The van der Waals surface area contributed by atoms with Gasteiger partial charge in [-0.05, 0) is 19.1 Å². The van der Waals surface area contributed by atoms with Gasteiger partial charge in [-0.3, -0.25) is 4.79 Å². The van der Waals surface area contributed by atoms with Crippen molar-refractivity contribution < 1.29 is 13.9 Å². The molecule has 2 heterocycles. The molecule has 0 radical (unpaired) electrons. The Morgan fingerprint density at radius 1 is 0.686 bits per heavy atom. The summed E-state index contributed by atoms with van der Waals surface area (Å²) in [6, 6.07) is 32.5. The van der Waals surface area contributed by atoms with Gasteiger partial charge in [0.25, 0.3) is 0 Å². The largest absolute Gasteiger partial charge is 0.452 e. The second kappa shape index (κ2) is 9.15. The Morgan fingerprint density at radius 2 is 1.29 bits per heavy atom. The molecule has 0 amide bonds. The highest BCUT2D eigenvalue weighted by molar-refractivity contribution is 5.87. The van der Waals surface area contributed by atoms with E-state index in [2.05, 4.69) is 0 Å². The first-order valence-electron chi connectivity index (χ1n) is 11.8. The van der Waals surface area contributed by atoms with E-state index in [0.29, 0.717) is 28.2 Å². The summed E-state index contributed by atoms with van der Waals surface area (Å²) in [6.07, 6.45) is 0. The molecule has 174 valence electrons. The fourth-order valence-corrected chi connectivity index (χ4v) is 4.25. The van der Waals surface area contributed by atoms with Crippen LogP contribution in [0.25, 0.3) is 22.3 Å². The van der Waals surface area contributed by atoms with Crippen molar-refractivity contribution in [2.45, 2.75) is 26.6 Å². The average Bonchev–Trinajstić information content (AvgIpc) is 3.33. The molecule has 0 saturated carbocycles. The SMILES string of the molecule is CC.Cc1ccc(-c2cc(=O)c3ccc4c(c3o2)OC(c2ccccc2)(c2ccccc2)O4)cc1. The van der Waals surface area contributed by atoms with Gasteiger partial charge < -0.3 is 13.9 Å². The lowest BCUT2D eigenvalue weighted by Gasteiger charge is -2.28. The Bertz CT molecular complexity index is 1480.